The van der Waals surface area contributed by atoms with Gasteiger partial charge < -0.3 is 0 Å². The second-order valence-electron chi connectivity index (χ2n) is 3.62. The van der Waals surface area contributed by atoms with E-state index in [4.69, 9.17) is 0 Å². The molecule has 1 saturated heterocycles. The van der Waals surface area contributed by atoms with Gasteiger partial charge in [-0.1, -0.05) is 0 Å². The van der Waals surface area contributed by atoms with E-state index < -0.39 is 21.8 Å². The summed E-state index contributed by atoms with van der Waals surface area (Å²) in [6.07, 6.45) is 1.03. The Balaban J connectivity index is 2.81. The Morgan fingerprint density at radius 2 is 2.13 bits per heavy atom. The maximum atomic E-state index is 12.3. The van der Waals surface area contributed by atoms with Crippen molar-refractivity contribution >= 4 is 15.8 Å². The lowest BCUT2D eigenvalue weighted by Crippen LogP contribution is -2.39. The van der Waals surface area contributed by atoms with Crippen LogP contribution in [-0.2, 0) is 14.8 Å². The normalized spacial score (nSPS) is 23.6. The first-order valence-electron chi connectivity index (χ1n) is 4.64. The van der Waals surface area contributed by atoms with Crippen LogP contribution in [0.5, 0.6) is 0 Å². The number of alkyl halides is 2. The zero-order valence-electron chi connectivity index (χ0n) is 8.32. The van der Waals surface area contributed by atoms with Crippen LogP contribution < -0.4 is 0 Å². The van der Waals surface area contributed by atoms with Gasteiger partial charge in [-0.3, -0.25) is 4.79 Å². The van der Waals surface area contributed by atoms with Gasteiger partial charge in [0.1, 0.15) is 5.78 Å². The monoisotopic (exact) mass is 241 g/mol. The molecule has 0 aliphatic carbocycles. The Morgan fingerprint density at radius 3 is 2.60 bits per heavy atom. The molecular weight excluding hydrogens is 228 g/mol. The summed E-state index contributed by atoms with van der Waals surface area (Å²) in [5.41, 5.74) is 0. The largest absolute Gasteiger partial charge is 0.350 e. The molecule has 0 aromatic heterocycles. The minimum Gasteiger partial charge on any atom is -0.300 e. The first-order chi connectivity index (χ1) is 6.85. The van der Waals surface area contributed by atoms with E-state index in [2.05, 4.69) is 0 Å². The molecule has 1 aliphatic rings. The van der Waals surface area contributed by atoms with E-state index in [-0.39, 0.29) is 18.7 Å². The molecule has 0 aromatic carbocycles. The molecule has 0 saturated carbocycles. The van der Waals surface area contributed by atoms with Crippen molar-refractivity contribution in [2.24, 2.45) is 0 Å². The first kappa shape index (κ1) is 12.5. The zero-order chi connectivity index (χ0) is 11.6. The standard InChI is InChI=1S/C8H13F2NO3S/c1-6(12)5-7-3-2-4-11(7)15(13,14)8(9)10/h7-8H,2-5H2,1H3. The van der Waals surface area contributed by atoms with Gasteiger partial charge in [0.25, 0.3) is 10.0 Å². The Labute approximate surface area is 87.3 Å². The number of hydrogen-bond donors (Lipinski definition) is 0. The van der Waals surface area contributed by atoms with E-state index in [1.54, 1.807) is 0 Å². The van der Waals surface area contributed by atoms with Crippen molar-refractivity contribution in [2.45, 2.75) is 38.0 Å². The van der Waals surface area contributed by atoms with E-state index in [1.807, 2.05) is 0 Å². The number of halogens is 2. The van der Waals surface area contributed by atoms with Crippen molar-refractivity contribution in [3.05, 3.63) is 0 Å². The molecule has 0 bridgehead atoms. The predicted molar refractivity (Wildman–Crippen MR) is 49.9 cm³/mol. The summed E-state index contributed by atoms with van der Waals surface area (Å²) < 4.78 is 47.7. The third-order valence-electron chi connectivity index (χ3n) is 2.40. The predicted octanol–water partition coefficient (Wildman–Crippen LogP) is 0.982. The lowest BCUT2D eigenvalue weighted by molar-refractivity contribution is -0.117. The smallest absolute Gasteiger partial charge is 0.300 e. The number of carbonyl (C=O) groups excluding carboxylic acids is 1. The fraction of sp³-hybridized carbons (Fsp3) is 0.875. The molecule has 0 radical (unpaired) electrons. The molecule has 1 atom stereocenters. The lowest BCUT2D eigenvalue weighted by atomic mass is 10.1. The summed E-state index contributed by atoms with van der Waals surface area (Å²) in [5, 5.41) is 0. The van der Waals surface area contributed by atoms with Crippen molar-refractivity contribution in [3.8, 4) is 0 Å². The summed E-state index contributed by atoms with van der Waals surface area (Å²) in [7, 11) is -4.52. The van der Waals surface area contributed by atoms with E-state index >= 15 is 0 Å². The molecular formula is C8H13F2NO3S. The number of Topliss-reactive ketones (excluding diaryl/α,β-unsaturated/α-hetero) is 1. The number of rotatable bonds is 4. The highest BCUT2D eigenvalue weighted by molar-refractivity contribution is 7.89. The summed E-state index contributed by atoms with van der Waals surface area (Å²) in [6.45, 7) is 1.41. The molecule has 1 rings (SSSR count). The Hall–Kier alpha value is -0.560. The van der Waals surface area contributed by atoms with Gasteiger partial charge >= 0.3 is 5.76 Å². The van der Waals surface area contributed by atoms with Crippen molar-refractivity contribution in [3.63, 3.8) is 0 Å². The summed E-state index contributed by atoms with van der Waals surface area (Å²) in [6, 6.07) is -0.582. The number of ketones is 1. The average molecular weight is 241 g/mol. The molecule has 1 unspecified atom stereocenters. The quantitative estimate of drug-likeness (QED) is 0.737. The van der Waals surface area contributed by atoms with Crippen LogP contribution in [0.3, 0.4) is 0 Å². The molecule has 4 nitrogen and oxygen atoms in total. The molecule has 0 amide bonds. The van der Waals surface area contributed by atoms with Crippen LogP contribution in [0.4, 0.5) is 8.78 Å². The van der Waals surface area contributed by atoms with Gasteiger partial charge in [-0.2, -0.15) is 13.1 Å². The SMILES string of the molecule is CC(=O)CC1CCCN1S(=O)(=O)C(F)F. The fourth-order valence-corrected chi connectivity index (χ4v) is 2.97. The molecule has 0 aromatic rings. The first-order valence-corrected chi connectivity index (χ1v) is 6.14. The van der Waals surface area contributed by atoms with Crippen molar-refractivity contribution < 1.29 is 22.0 Å². The highest BCUT2D eigenvalue weighted by Crippen LogP contribution is 2.26. The molecule has 1 heterocycles. The maximum Gasteiger partial charge on any atom is 0.350 e. The summed E-state index contributed by atoms with van der Waals surface area (Å²) in [4.78, 5) is 10.8. The van der Waals surface area contributed by atoms with Gasteiger partial charge in [-0.25, -0.2) is 8.42 Å². The molecule has 15 heavy (non-hydrogen) atoms. The zero-order valence-corrected chi connectivity index (χ0v) is 9.14. The molecule has 1 fully saturated rings. The highest BCUT2D eigenvalue weighted by atomic mass is 32.2. The number of hydrogen-bond acceptors (Lipinski definition) is 3. The van der Waals surface area contributed by atoms with Crippen LogP contribution in [-0.4, -0.2) is 36.9 Å². The Morgan fingerprint density at radius 1 is 1.53 bits per heavy atom. The second-order valence-corrected chi connectivity index (χ2v) is 5.47. The van der Waals surface area contributed by atoms with Gasteiger partial charge in [-0.05, 0) is 19.8 Å². The molecule has 0 N–H and O–H groups in total. The van der Waals surface area contributed by atoms with Crippen molar-refractivity contribution in [2.75, 3.05) is 6.54 Å². The van der Waals surface area contributed by atoms with Gasteiger partial charge in [-0.15, -0.1) is 0 Å². The fourth-order valence-electron chi connectivity index (χ4n) is 1.78. The van der Waals surface area contributed by atoms with Crippen LogP contribution in [0, 0.1) is 0 Å². The number of nitrogens with zero attached hydrogens (tertiary/aromatic N) is 1. The summed E-state index contributed by atoms with van der Waals surface area (Å²) >= 11 is 0. The average Bonchev–Trinajstić information content (AvgIpc) is 2.51. The van der Waals surface area contributed by atoms with Crippen LogP contribution >= 0.6 is 0 Å². The Bertz CT molecular complexity index is 342. The van der Waals surface area contributed by atoms with Crippen LogP contribution in [0.2, 0.25) is 0 Å². The number of sulfonamides is 1. The van der Waals surface area contributed by atoms with Crippen LogP contribution in [0.1, 0.15) is 26.2 Å². The van der Waals surface area contributed by atoms with E-state index in [1.165, 1.54) is 6.92 Å². The van der Waals surface area contributed by atoms with Gasteiger partial charge in [0.15, 0.2) is 0 Å². The van der Waals surface area contributed by atoms with Gasteiger partial charge in [0.05, 0.1) is 0 Å². The van der Waals surface area contributed by atoms with Crippen LogP contribution in [0.25, 0.3) is 0 Å². The van der Waals surface area contributed by atoms with Crippen molar-refractivity contribution in [1.29, 1.82) is 0 Å². The van der Waals surface area contributed by atoms with E-state index in [0.717, 1.165) is 4.31 Å². The third-order valence-corrected chi connectivity index (χ3v) is 3.98. The van der Waals surface area contributed by atoms with E-state index in [9.17, 15) is 22.0 Å². The number of carbonyl (C=O) groups is 1. The minimum atomic E-state index is -4.52. The minimum absolute atomic E-state index is 0.0198. The Kier molecular flexibility index (Phi) is 3.77. The van der Waals surface area contributed by atoms with E-state index in [0.29, 0.717) is 12.8 Å². The van der Waals surface area contributed by atoms with Gasteiger partial charge in [0.2, 0.25) is 0 Å². The topological polar surface area (TPSA) is 54.5 Å². The summed E-state index contributed by atoms with van der Waals surface area (Å²) in [5.74, 6) is -3.58. The lowest BCUT2D eigenvalue weighted by Gasteiger charge is -2.22. The van der Waals surface area contributed by atoms with Crippen LogP contribution in [0.15, 0.2) is 0 Å². The molecule has 88 valence electrons. The maximum absolute atomic E-state index is 12.3. The molecule has 7 heteroatoms. The second kappa shape index (κ2) is 4.52. The third kappa shape index (κ3) is 2.72. The molecule has 0 spiro atoms. The van der Waals surface area contributed by atoms with Crippen molar-refractivity contribution in [1.82, 2.24) is 4.31 Å². The van der Waals surface area contributed by atoms with Gasteiger partial charge in [0, 0.05) is 19.0 Å². The highest BCUT2D eigenvalue weighted by Gasteiger charge is 2.39. The molecule has 1 aliphatic heterocycles.